The molecule has 0 bridgehead atoms. The molecule has 3 amide bonds. The summed E-state index contributed by atoms with van der Waals surface area (Å²) >= 11 is 0. The van der Waals surface area contributed by atoms with Crippen LogP contribution in [-0.4, -0.2) is 43.1 Å². The standard InChI is InChI=1S/C20H23N3O3/c1-26-18-10-6-5-9-17(18)19(24)23-13-11-16(12-14-23)22-20(25)21-15-7-3-2-4-8-15/h2-10,16H,11-14H2,1H3,(H2,21,22,25). The molecule has 0 atom stereocenters. The molecule has 26 heavy (non-hydrogen) atoms. The third kappa shape index (κ3) is 4.33. The highest BCUT2D eigenvalue weighted by atomic mass is 16.5. The van der Waals surface area contributed by atoms with Crippen molar-refractivity contribution in [2.24, 2.45) is 0 Å². The van der Waals surface area contributed by atoms with E-state index in [-0.39, 0.29) is 18.0 Å². The van der Waals surface area contributed by atoms with E-state index in [1.54, 1.807) is 19.2 Å². The van der Waals surface area contributed by atoms with Gasteiger partial charge in [0.2, 0.25) is 0 Å². The molecule has 0 saturated carbocycles. The molecule has 1 aliphatic heterocycles. The number of nitrogens with one attached hydrogen (secondary N) is 2. The predicted molar refractivity (Wildman–Crippen MR) is 101 cm³/mol. The van der Waals surface area contributed by atoms with Crippen LogP contribution in [-0.2, 0) is 0 Å². The molecule has 0 aromatic heterocycles. The van der Waals surface area contributed by atoms with Gasteiger partial charge in [-0.3, -0.25) is 4.79 Å². The van der Waals surface area contributed by atoms with Crippen molar-refractivity contribution in [3.63, 3.8) is 0 Å². The van der Waals surface area contributed by atoms with Crippen LogP contribution in [0.4, 0.5) is 10.5 Å². The summed E-state index contributed by atoms with van der Waals surface area (Å²) in [5.74, 6) is 0.551. The van der Waals surface area contributed by atoms with E-state index in [0.29, 0.717) is 24.4 Å². The molecule has 0 unspecified atom stereocenters. The first-order valence-electron chi connectivity index (χ1n) is 8.72. The highest BCUT2D eigenvalue weighted by Gasteiger charge is 2.26. The Morgan fingerprint density at radius 3 is 2.35 bits per heavy atom. The van der Waals surface area contributed by atoms with Crippen LogP contribution in [0, 0.1) is 0 Å². The molecular weight excluding hydrogens is 330 g/mol. The van der Waals surface area contributed by atoms with E-state index in [1.807, 2.05) is 47.4 Å². The highest BCUT2D eigenvalue weighted by Crippen LogP contribution is 2.21. The minimum absolute atomic E-state index is 0.0327. The fourth-order valence-electron chi connectivity index (χ4n) is 3.09. The van der Waals surface area contributed by atoms with Crippen LogP contribution in [0.3, 0.4) is 0 Å². The first kappa shape index (κ1) is 17.8. The molecule has 0 spiro atoms. The van der Waals surface area contributed by atoms with Crippen LogP contribution in [0.2, 0.25) is 0 Å². The number of piperidine rings is 1. The fraction of sp³-hybridized carbons (Fsp3) is 0.300. The Kier molecular flexibility index (Phi) is 5.73. The molecule has 2 N–H and O–H groups in total. The quantitative estimate of drug-likeness (QED) is 0.887. The summed E-state index contributed by atoms with van der Waals surface area (Å²) in [6.45, 7) is 1.21. The monoisotopic (exact) mass is 353 g/mol. The fourth-order valence-corrected chi connectivity index (χ4v) is 3.09. The largest absolute Gasteiger partial charge is 0.496 e. The molecule has 2 aromatic rings. The van der Waals surface area contributed by atoms with E-state index >= 15 is 0 Å². The Morgan fingerprint density at radius 1 is 1.00 bits per heavy atom. The number of anilines is 1. The lowest BCUT2D eigenvalue weighted by atomic mass is 10.0. The van der Waals surface area contributed by atoms with Crippen molar-refractivity contribution in [2.75, 3.05) is 25.5 Å². The van der Waals surface area contributed by atoms with Gasteiger partial charge in [0.05, 0.1) is 12.7 Å². The van der Waals surface area contributed by atoms with E-state index < -0.39 is 0 Å². The topological polar surface area (TPSA) is 70.7 Å². The number of para-hydroxylation sites is 2. The molecule has 6 nitrogen and oxygen atoms in total. The third-order valence-electron chi connectivity index (χ3n) is 4.49. The van der Waals surface area contributed by atoms with E-state index in [1.165, 1.54) is 0 Å². The summed E-state index contributed by atoms with van der Waals surface area (Å²) in [6.07, 6.45) is 1.45. The second-order valence-corrected chi connectivity index (χ2v) is 6.23. The lowest BCUT2D eigenvalue weighted by molar-refractivity contribution is 0.0705. The second kappa shape index (κ2) is 8.38. The minimum atomic E-state index is -0.217. The molecule has 0 aliphatic carbocycles. The van der Waals surface area contributed by atoms with Crippen molar-refractivity contribution >= 4 is 17.6 Å². The number of amides is 3. The summed E-state index contributed by atoms with van der Waals surface area (Å²) in [7, 11) is 1.56. The average molecular weight is 353 g/mol. The summed E-state index contributed by atoms with van der Waals surface area (Å²) in [5, 5.41) is 5.79. The zero-order valence-corrected chi connectivity index (χ0v) is 14.8. The molecule has 3 rings (SSSR count). The second-order valence-electron chi connectivity index (χ2n) is 6.23. The Hall–Kier alpha value is -3.02. The maximum Gasteiger partial charge on any atom is 0.319 e. The van der Waals surface area contributed by atoms with Crippen molar-refractivity contribution in [1.29, 1.82) is 0 Å². The van der Waals surface area contributed by atoms with E-state index in [0.717, 1.165) is 18.5 Å². The molecule has 1 saturated heterocycles. The van der Waals surface area contributed by atoms with E-state index in [9.17, 15) is 9.59 Å². The normalized spacial score (nSPS) is 14.6. The van der Waals surface area contributed by atoms with Crippen molar-refractivity contribution in [2.45, 2.75) is 18.9 Å². The number of hydrogen-bond acceptors (Lipinski definition) is 3. The Labute approximate surface area is 153 Å². The zero-order chi connectivity index (χ0) is 18.4. The van der Waals surface area contributed by atoms with Gasteiger partial charge in [0.1, 0.15) is 5.75 Å². The number of rotatable bonds is 4. The molecule has 136 valence electrons. The maximum atomic E-state index is 12.7. The Morgan fingerprint density at radius 2 is 1.65 bits per heavy atom. The number of carbonyl (C=O) groups excluding carboxylic acids is 2. The Balaban J connectivity index is 1.51. The summed E-state index contributed by atoms with van der Waals surface area (Å²) in [5.41, 5.74) is 1.33. The summed E-state index contributed by atoms with van der Waals surface area (Å²) < 4.78 is 5.27. The van der Waals surface area contributed by atoms with Gasteiger partial charge >= 0.3 is 6.03 Å². The number of benzene rings is 2. The lowest BCUT2D eigenvalue weighted by Gasteiger charge is -2.32. The number of hydrogen-bond donors (Lipinski definition) is 2. The van der Waals surface area contributed by atoms with Gasteiger partial charge in [-0.15, -0.1) is 0 Å². The number of carbonyl (C=O) groups is 2. The van der Waals surface area contributed by atoms with Gasteiger partial charge < -0.3 is 20.3 Å². The molecule has 1 fully saturated rings. The average Bonchev–Trinajstić information content (AvgIpc) is 2.68. The predicted octanol–water partition coefficient (Wildman–Crippen LogP) is 3.12. The van der Waals surface area contributed by atoms with Gasteiger partial charge in [-0.25, -0.2) is 4.79 Å². The van der Waals surface area contributed by atoms with Gasteiger partial charge in [0.25, 0.3) is 5.91 Å². The lowest BCUT2D eigenvalue weighted by Crippen LogP contribution is -2.47. The number of methoxy groups -OCH3 is 1. The van der Waals surface area contributed by atoms with Gasteiger partial charge in [0, 0.05) is 24.8 Å². The smallest absolute Gasteiger partial charge is 0.319 e. The third-order valence-corrected chi connectivity index (χ3v) is 4.49. The molecule has 1 aliphatic rings. The van der Waals surface area contributed by atoms with Crippen molar-refractivity contribution in [1.82, 2.24) is 10.2 Å². The molecule has 0 radical (unpaired) electrons. The number of urea groups is 1. The van der Waals surface area contributed by atoms with Crippen LogP contribution in [0.15, 0.2) is 54.6 Å². The number of likely N-dealkylation sites (tertiary alicyclic amines) is 1. The van der Waals surface area contributed by atoms with Crippen molar-refractivity contribution < 1.29 is 14.3 Å². The maximum absolute atomic E-state index is 12.7. The molecular formula is C20H23N3O3. The summed E-state index contributed by atoms with van der Waals surface area (Å²) in [6, 6.07) is 16.4. The van der Waals surface area contributed by atoms with Crippen LogP contribution < -0.4 is 15.4 Å². The minimum Gasteiger partial charge on any atom is -0.496 e. The molecule has 6 heteroatoms. The van der Waals surface area contributed by atoms with Crippen LogP contribution in [0.1, 0.15) is 23.2 Å². The Bertz CT molecular complexity index is 756. The van der Waals surface area contributed by atoms with Gasteiger partial charge in [-0.1, -0.05) is 30.3 Å². The van der Waals surface area contributed by atoms with E-state index in [4.69, 9.17) is 4.74 Å². The van der Waals surface area contributed by atoms with E-state index in [2.05, 4.69) is 10.6 Å². The first-order chi connectivity index (χ1) is 12.7. The van der Waals surface area contributed by atoms with Crippen LogP contribution in [0.5, 0.6) is 5.75 Å². The van der Waals surface area contributed by atoms with Crippen molar-refractivity contribution in [3.8, 4) is 5.75 Å². The van der Waals surface area contributed by atoms with Crippen LogP contribution in [0.25, 0.3) is 0 Å². The zero-order valence-electron chi connectivity index (χ0n) is 14.8. The first-order valence-corrected chi connectivity index (χ1v) is 8.72. The molecule has 2 aromatic carbocycles. The highest BCUT2D eigenvalue weighted by molar-refractivity contribution is 5.97. The van der Waals surface area contributed by atoms with Gasteiger partial charge in [-0.2, -0.15) is 0 Å². The molecule has 1 heterocycles. The number of ether oxygens (including phenoxy) is 1. The summed E-state index contributed by atoms with van der Waals surface area (Å²) in [4.78, 5) is 26.6. The van der Waals surface area contributed by atoms with Crippen LogP contribution >= 0.6 is 0 Å². The van der Waals surface area contributed by atoms with Crippen molar-refractivity contribution in [3.05, 3.63) is 60.2 Å². The number of nitrogens with zero attached hydrogens (tertiary/aromatic N) is 1. The SMILES string of the molecule is COc1ccccc1C(=O)N1CCC(NC(=O)Nc2ccccc2)CC1. The van der Waals surface area contributed by atoms with Gasteiger partial charge in [-0.05, 0) is 37.1 Å². The van der Waals surface area contributed by atoms with Gasteiger partial charge in [0.15, 0.2) is 0 Å².